The van der Waals surface area contributed by atoms with Gasteiger partial charge in [-0.2, -0.15) is 5.10 Å². The first-order valence-corrected chi connectivity index (χ1v) is 5.13. The number of rotatable bonds is 4. The predicted molar refractivity (Wildman–Crippen MR) is 60.3 cm³/mol. The lowest BCUT2D eigenvalue weighted by molar-refractivity contribution is -0.00306. The van der Waals surface area contributed by atoms with E-state index in [4.69, 9.17) is 10.5 Å². The number of aromatic nitrogens is 2. The molecule has 18 heavy (non-hydrogen) atoms. The van der Waals surface area contributed by atoms with Crippen molar-refractivity contribution >= 4 is 16.5 Å². The summed E-state index contributed by atoms with van der Waals surface area (Å²) in [7, 11) is 0. The third kappa shape index (κ3) is 2.44. The largest absolute Gasteiger partial charge is 0.464 e. The summed E-state index contributed by atoms with van der Waals surface area (Å²) < 4.78 is 42.1. The Labute approximate surface area is 101 Å². The zero-order valence-electron chi connectivity index (χ0n) is 9.19. The Hall–Kier alpha value is -2.05. The lowest BCUT2D eigenvalue weighted by Gasteiger charge is -2.14. The molecule has 0 bridgehead atoms. The Bertz CT molecular complexity index is 550. The summed E-state index contributed by atoms with van der Waals surface area (Å²) in [6, 6.07) is 4.74. The van der Waals surface area contributed by atoms with Gasteiger partial charge in [0.2, 0.25) is 5.88 Å². The van der Waals surface area contributed by atoms with Crippen molar-refractivity contribution in [3.63, 3.8) is 0 Å². The Kier molecular flexibility index (Phi) is 3.50. The molecule has 96 valence electrons. The SMILES string of the molecule is Nc1ccc2c(OC(CF)C(F)F)nncc2c1. The molecular weight excluding hydrogens is 247 g/mol. The van der Waals surface area contributed by atoms with Gasteiger partial charge in [0, 0.05) is 16.5 Å². The van der Waals surface area contributed by atoms with E-state index in [1.165, 1.54) is 6.20 Å². The molecule has 2 rings (SSSR count). The van der Waals surface area contributed by atoms with Gasteiger partial charge in [0.1, 0.15) is 6.67 Å². The number of hydrogen-bond acceptors (Lipinski definition) is 4. The van der Waals surface area contributed by atoms with Crippen LogP contribution < -0.4 is 10.5 Å². The summed E-state index contributed by atoms with van der Waals surface area (Å²) >= 11 is 0. The maximum atomic E-state index is 12.4. The number of hydrogen-bond donors (Lipinski definition) is 1. The minimum absolute atomic E-state index is 0.129. The van der Waals surface area contributed by atoms with Crippen LogP contribution in [0.25, 0.3) is 10.8 Å². The van der Waals surface area contributed by atoms with Gasteiger partial charge >= 0.3 is 0 Å². The van der Waals surface area contributed by atoms with E-state index in [1.54, 1.807) is 18.2 Å². The van der Waals surface area contributed by atoms with E-state index in [2.05, 4.69) is 10.2 Å². The molecule has 2 aromatic rings. The molecule has 4 nitrogen and oxygen atoms in total. The van der Waals surface area contributed by atoms with E-state index in [9.17, 15) is 13.2 Å². The number of ether oxygens (including phenoxy) is 1. The molecule has 1 atom stereocenters. The minimum atomic E-state index is -2.93. The van der Waals surface area contributed by atoms with E-state index < -0.39 is 19.2 Å². The zero-order valence-corrected chi connectivity index (χ0v) is 9.19. The van der Waals surface area contributed by atoms with Gasteiger partial charge in [-0.1, -0.05) is 0 Å². The first kappa shape index (κ1) is 12.4. The maximum Gasteiger partial charge on any atom is 0.277 e. The summed E-state index contributed by atoms with van der Waals surface area (Å²) in [4.78, 5) is 0. The highest BCUT2D eigenvalue weighted by Crippen LogP contribution is 2.25. The molecule has 0 saturated carbocycles. The lowest BCUT2D eigenvalue weighted by atomic mass is 10.2. The highest BCUT2D eigenvalue weighted by molar-refractivity contribution is 5.88. The first-order valence-electron chi connectivity index (χ1n) is 5.13. The molecule has 0 radical (unpaired) electrons. The number of fused-ring (bicyclic) bond motifs is 1. The van der Waals surface area contributed by atoms with Crippen LogP contribution in [0, 0.1) is 0 Å². The van der Waals surface area contributed by atoms with Crippen LogP contribution in [0.1, 0.15) is 0 Å². The highest BCUT2D eigenvalue weighted by atomic mass is 19.3. The second-order valence-electron chi connectivity index (χ2n) is 3.64. The van der Waals surface area contributed by atoms with Gasteiger partial charge in [-0.3, -0.25) is 0 Å². The molecule has 0 aliphatic heterocycles. The molecule has 0 amide bonds. The monoisotopic (exact) mass is 257 g/mol. The summed E-state index contributed by atoms with van der Waals surface area (Å²) in [6.45, 7) is -1.30. The number of nitrogens with two attached hydrogens (primary N) is 1. The van der Waals surface area contributed by atoms with Crippen molar-refractivity contribution in [1.82, 2.24) is 10.2 Å². The Morgan fingerprint density at radius 3 is 2.78 bits per heavy atom. The summed E-state index contributed by atoms with van der Waals surface area (Å²) in [6.07, 6.45) is -3.35. The van der Waals surface area contributed by atoms with Crippen LogP contribution in [0.15, 0.2) is 24.4 Å². The molecule has 7 heteroatoms. The second kappa shape index (κ2) is 5.07. The van der Waals surface area contributed by atoms with Crippen LogP contribution in [-0.2, 0) is 0 Å². The Balaban J connectivity index is 2.39. The number of nitrogens with zero attached hydrogens (tertiary/aromatic N) is 2. The fourth-order valence-corrected chi connectivity index (χ4v) is 1.46. The van der Waals surface area contributed by atoms with Crippen molar-refractivity contribution in [3.05, 3.63) is 24.4 Å². The van der Waals surface area contributed by atoms with Crippen molar-refractivity contribution in [1.29, 1.82) is 0 Å². The summed E-state index contributed by atoms with van der Waals surface area (Å²) in [5.74, 6) is -0.129. The summed E-state index contributed by atoms with van der Waals surface area (Å²) in [5, 5.41) is 8.24. The van der Waals surface area contributed by atoms with Crippen LogP contribution in [0.5, 0.6) is 5.88 Å². The maximum absolute atomic E-state index is 12.4. The van der Waals surface area contributed by atoms with E-state index in [1.807, 2.05) is 0 Å². The average molecular weight is 257 g/mol. The van der Waals surface area contributed by atoms with E-state index in [0.29, 0.717) is 16.5 Å². The van der Waals surface area contributed by atoms with E-state index in [-0.39, 0.29) is 5.88 Å². The van der Waals surface area contributed by atoms with Crippen LogP contribution in [0.3, 0.4) is 0 Å². The molecule has 1 aromatic carbocycles. The average Bonchev–Trinajstić information content (AvgIpc) is 2.35. The standard InChI is InChI=1S/C11H10F3N3O/c12-4-9(10(13)14)18-11-8-2-1-7(15)3-6(8)5-16-17-11/h1-3,5,9-10H,4,15H2. The smallest absolute Gasteiger partial charge is 0.277 e. The molecule has 0 spiro atoms. The van der Waals surface area contributed by atoms with Gasteiger partial charge in [-0.25, -0.2) is 13.2 Å². The zero-order chi connectivity index (χ0) is 13.1. The number of benzene rings is 1. The van der Waals surface area contributed by atoms with Crippen molar-refractivity contribution in [2.24, 2.45) is 0 Å². The number of anilines is 1. The van der Waals surface area contributed by atoms with Crippen molar-refractivity contribution in [2.45, 2.75) is 12.5 Å². The molecule has 0 saturated heterocycles. The number of halogens is 3. The number of nitrogen functional groups attached to an aromatic ring is 1. The van der Waals surface area contributed by atoms with E-state index in [0.717, 1.165) is 0 Å². The fourth-order valence-electron chi connectivity index (χ4n) is 1.46. The van der Waals surface area contributed by atoms with Crippen molar-refractivity contribution in [3.8, 4) is 5.88 Å². The first-order chi connectivity index (χ1) is 8.61. The van der Waals surface area contributed by atoms with E-state index >= 15 is 0 Å². The molecular formula is C11H10F3N3O. The minimum Gasteiger partial charge on any atom is -0.464 e. The normalized spacial score (nSPS) is 12.9. The van der Waals surface area contributed by atoms with Crippen LogP contribution in [0.2, 0.25) is 0 Å². The molecule has 1 heterocycles. The molecule has 0 fully saturated rings. The van der Waals surface area contributed by atoms with Crippen LogP contribution in [0.4, 0.5) is 18.9 Å². The molecule has 2 N–H and O–H groups in total. The third-order valence-electron chi connectivity index (χ3n) is 2.35. The van der Waals surface area contributed by atoms with Crippen molar-refractivity contribution < 1.29 is 17.9 Å². The van der Waals surface area contributed by atoms with Gasteiger partial charge in [0.05, 0.1) is 6.20 Å². The summed E-state index contributed by atoms with van der Waals surface area (Å²) in [5.41, 5.74) is 6.08. The van der Waals surface area contributed by atoms with Gasteiger partial charge in [-0.05, 0) is 18.2 Å². The Morgan fingerprint density at radius 1 is 1.33 bits per heavy atom. The highest BCUT2D eigenvalue weighted by Gasteiger charge is 2.23. The molecule has 1 aromatic heterocycles. The van der Waals surface area contributed by atoms with Gasteiger partial charge < -0.3 is 10.5 Å². The third-order valence-corrected chi connectivity index (χ3v) is 2.35. The molecule has 0 aliphatic rings. The topological polar surface area (TPSA) is 61.0 Å². The van der Waals surface area contributed by atoms with Gasteiger partial charge in [-0.15, -0.1) is 5.10 Å². The lowest BCUT2D eigenvalue weighted by Crippen LogP contribution is -2.28. The molecule has 1 unspecified atom stereocenters. The predicted octanol–water partition coefficient (Wildman–Crippen LogP) is 2.19. The van der Waals surface area contributed by atoms with Crippen molar-refractivity contribution in [2.75, 3.05) is 12.4 Å². The van der Waals surface area contributed by atoms with Gasteiger partial charge in [0.25, 0.3) is 6.43 Å². The fraction of sp³-hybridized carbons (Fsp3) is 0.273. The van der Waals surface area contributed by atoms with Crippen LogP contribution >= 0.6 is 0 Å². The van der Waals surface area contributed by atoms with Gasteiger partial charge in [0.15, 0.2) is 6.10 Å². The Morgan fingerprint density at radius 2 is 2.11 bits per heavy atom. The van der Waals surface area contributed by atoms with Crippen LogP contribution in [-0.4, -0.2) is 29.4 Å². The molecule has 0 aliphatic carbocycles. The second-order valence-corrected chi connectivity index (χ2v) is 3.64. The number of alkyl halides is 3. The quantitative estimate of drug-likeness (QED) is 0.853.